The molecule has 1 aromatic heterocycles. The Morgan fingerprint density at radius 3 is 2.65 bits per heavy atom. The second-order valence-electron chi connectivity index (χ2n) is 6.09. The van der Waals surface area contributed by atoms with Gasteiger partial charge in [0.2, 0.25) is 0 Å². The fourth-order valence-electron chi connectivity index (χ4n) is 2.89. The van der Waals surface area contributed by atoms with E-state index in [2.05, 4.69) is 60.2 Å². The van der Waals surface area contributed by atoms with Gasteiger partial charge in [0.25, 0.3) is 0 Å². The molecule has 1 unspecified atom stereocenters. The van der Waals surface area contributed by atoms with Crippen molar-refractivity contribution < 1.29 is 4.42 Å². The SMILES string of the molecule is CCNC(c1cc2cc(Br)cc(C(C)C)c2o1)C1CC1. The van der Waals surface area contributed by atoms with Gasteiger partial charge < -0.3 is 9.73 Å². The topological polar surface area (TPSA) is 25.2 Å². The molecule has 1 aliphatic carbocycles. The molecule has 1 N–H and O–H groups in total. The van der Waals surface area contributed by atoms with Crippen molar-refractivity contribution in [2.75, 3.05) is 6.54 Å². The van der Waals surface area contributed by atoms with Crippen LogP contribution in [-0.4, -0.2) is 6.54 Å². The van der Waals surface area contributed by atoms with E-state index in [1.54, 1.807) is 0 Å². The lowest BCUT2D eigenvalue weighted by Gasteiger charge is -2.14. The molecule has 0 radical (unpaired) electrons. The average Bonchev–Trinajstić information content (AvgIpc) is 3.14. The van der Waals surface area contributed by atoms with Crippen LogP contribution in [0.3, 0.4) is 0 Å². The molecule has 108 valence electrons. The molecule has 1 aromatic carbocycles. The number of nitrogens with one attached hydrogen (secondary N) is 1. The molecule has 1 saturated carbocycles. The summed E-state index contributed by atoms with van der Waals surface area (Å²) >= 11 is 3.61. The summed E-state index contributed by atoms with van der Waals surface area (Å²) in [5, 5.41) is 4.79. The summed E-state index contributed by atoms with van der Waals surface area (Å²) in [6, 6.07) is 6.94. The fourth-order valence-corrected chi connectivity index (χ4v) is 3.39. The monoisotopic (exact) mass is 335 g/mol. The molecular weight excluding hydrogens is 314 g/mol. The highest BCUT2D eigenvalue weighted by atomic mass is 79.9. The molecule has 3 heteroatoms. The Hall–Kier alpha value is -0.800. The maximum atomic E-state index is 6.25. The Morgan fingerprint density at radius 2 is 2.05 bits per heavy atom. The minimum Gasteiger partial charge on any atom is -0.459 e. The second kappa shape index (κ2) is 5.53. The number of fused-ring (bicyclic) bond motifs is 1. The summed E-state index contributed by atoms with van der Waals surface area (Å²) in [6.45, 7) is 7.57. The van der Waals surface area contributed by atoms with Gasteiger partial charge in [0.05, 0.1) is 6.04 Å². The number of hydrogen-bond acceptors (Lipinski definition) is 2. The number of rotatable bonds is 5. The van der Waals surface area contributed by atoms with Crippen LogP contribution < -0.4 is 5.32 Å². The summed E-state index contributed by atoms with van der Waals surface area (Å²) in [6.07, 6.45) is 2.63. The molecule has 1 fully saturated rings. The largest absolute Gasteiger partial charge is 0.459 e. The van der Waals surface area contributed by atoms with E-state index in [-0.39, 0.29) is 0 Å². The zero-order valence-corrected chi connectivity index (χ0v) is 14.0. The second-order valence-corrected chi connectivity index (χ2v) is 7.01. The van der Waals surface area contributed by atoms with E-state index < -0.39 is 0 Å². The summed E-state index contributed by atoms with van der Waals surface area (Å²) in [7, 11) is 0. The van der Waals surface area contributed by atoms with E-state index in [0.717, 1.165) is 28.3 Å². The molecule has 20 heavy (non-hydrogen) atoms. The van der Waals surface area contributed by atoms with Gasteiger partial charge in [-0.2, -0.15) is 0 Å². The maximum absolute atomic E-state index is 6.25. The van der Waals surface area contributed by atoms with Crippen molar-refractivity contribution in [1.29, 1.82) is 0 Å². The molecule has 0 bridgehead atoms. The van der Waals surface area contributed by atoms with Gasteiger partial charge >= 0.3 is 0 Å². The van der Waals surface area contributed by atoms with Crippen LogP contribution in [0.25, 0.3) is 11.0 Å². The van der Waals surface area contributed by atoms with Crippen molar-refractivity contribution in [3.8, 4) is 0 Å². The Morgan fingerprint density at radius 1 is 1.30 bits per heavy atom. The summed E-state index contributed by atoms with van der Waals surface area (Å²) in [5.74, 6) is 2.32. The van der Waals surface area contributed by atoms with Crippen LogP contribution in [0.2, 0.25) is 0 Å². The first-order chi connectivity index (χ1) is 9.60. The number of benzene rings is 1. The van der Waals surface area contributed by atoms with Crippen molar-refractivity contribution in [3.05, 3.63) is 34.0 Å². The zero-order chi connectivity index (χ0) is 14.3. The van der Waals surface area contributed by atoms with Crippen molar-refractivity contribution >= 4 is 26.9 Å². The standard InChI is InChI=1S/C17H22BrNO/c1-4-19-16(11-5-6-11)15-8-12-7-13(18)9-14(10(2)3)17(12)20-15/h7-11,16,19H,4-6H2,1-3H3. The van der Waals surface area contributed by atoms with E-state index in [4.69, 9.17) is 4.42 Å². The molecule has 0 aliphatic heterocycles. The van der Waals surface area contributed by atoms with Gasteiger partial charge in [-0.1, -0.05) is 36.7 Å². The van der Waals surface area contributed by atoms with Gasteiger partial charge in [-0.05, 0) is 55.0 Å². The smallest absolute Gasteiger partial charge is 0.137 e. The van der Waals surface area contributed by atoms with E-state index in [9.17, 15) is 0 Å². The molecule has 3 rings (SSSR count). The molecule has 0 saturated heterocycles. The Bertz CT molecular complexity index is 613. The number of halogens is 1. The molecule has 1 heterocycles. The van der Waals surface area contributed by atoms with Gasteiger partial charge in [-0.15, -0.1) is 0 Å². The van der Waals surface area contributed by atoms with Crippen LogP contribution in [0.1, 0.15) is 56.9 Å². The van der Waals surface area contributed by atoms with Gasteiger partial charge in [-0.3, -0.25) is 0 Å². The molecular formula is C17H22BrNO. The molecule has 0 spiro atoms. The van der Waals surface area contributed by atoms with Gasteiger partial charge in [0.1, 0.15) is 11.3 Å². The third-order valence-corrected chi connectivity index (χ3v) is 4.53. The van der Waals surface area contributed by atoms with Crippen molar-refractivity contribution in [2.45, 2.75) is 45.6 Å². The molecule has 2 aromatic rings. The van der Waals surface area contributed by atoms with Crippen LogP contribution in [0.15, 0.2) is 27.1 Å². The molecule has 1 aliphatic rings. The van der Waals surface area contributed by atoms with E-state index in [1.807, 2.05) is 0 Å². The van der Waals surface area contributed by atoms with Crippen LogP contribution in [0.5, 0.6) is 0 Å². The summed E-state index contributed by atoms with van der Waals surface area (Å²) < 4.78 is 7.38. The number of furan rings is 1. The fraction of sp³-hybridized carbons (Fsp3) is 0.529. The molecule has 1 atom stereocenters. The van der Waals surface area contributed by atoms with Gasteiger partial charge in [0.15, 0.2) is 0 Å². The molecule has 0 amide bonds. The Kier molecular flexibility index (Phi) is 3.91. The van der Waals surface area contributed by atoms with Gasteiger partial charge in [0, 0.05) is 9.86 Å². The molecule has 2 nitrogen and oxygen atoms in total. The lowest BCUT2D eigenvalue weighted by atomic mass is 10.0. The highest BCUT2D eigenvalue weighted by Crippen LogP contribution is 2.43. The average molecular weight is 336 g/mol. The Labute approximate surface area is 129 Å². The predicted molar refractivity (Wildman–Crippen MR) is 87.1 cm³/mol. The summed E-state index contributed by atoms with van der Waals surface area (Å²) in [5.41, 5.74) is 2.34. The lowest BCUT2D eigenvalue weighted by molar-refractivity contribution is 0.402. The first-order valence-electron chi connectivity index (χ1n) is 7.56. The maximum Gasteiger partial charge on any atom is 0.137 e. The zero-order valence-electron chi connectivity index (χ0n) is 12.4. The van der Waals surface area contributed by atoms with E-state index in [0.29, 0.717) is 12.0 Å². The number of hydrogen-bond donors (Lipinski definition) is 1. The minimum atomic E-state index is 0.381. The Balaban J connectivity index is 2.07. The van der Waals surface area contributed by atoms with Crippen LogP contribution >= 0.6 is 15.9 Å². The van der Waals surface area contributed by atoms with E-state index in [1.165, 1.54) is 23.8 Å². The lowest BCUT2D eigenvalue weighted by Crippen LogP contribution is -2.21. The first kappa shape index (κ1) is 14.2. The first-order valence-corrected chi connectivity index (χ1v) is 8.35. The highest BCUT2D eigenvalue weighted by molar-refractivity contribution is 9.10. The predicted octanol–water partition coefficient (Wildman–Crippen LogP) is 5.38. The third kappa shape index (κ3) is 2.66. The third-order valence-electron chi connectivity index (χ3n) is 4.07. The minimum absolute atomic E-state index is 0.381. The van der Waals surface area contributed by atoms with E-state index >= 15 is 0 Å². The normalized spacial score (nSPS) is 17.1. The van der Waals surface area contributed by atoms with Crippen molar-refractivity contribution in [3.63, 3.8) is 0 Å². The van der Waals surface area contributed by atoms with Crippen molar-refractivity contribution in [2.24, 2.45) is 5.92 Å². The van der Waals surface area contributed by atoms with Crippen LogP contribution in [-0.2, 0) is 0 Å². The quantitative estimate of drug-likeness (QED) is 0.793. The van der Waals surface area contributed by atoms with Gasteiger partial charge in [-0.25, -0.2) is 0 Å². The van der Waals surface area contributed by atoms with Crippen molar-refractivity contribution in [1.82, 2.24) is 5.32 Å². The van der Waals surface area contributed by atoms with Crippen LogP contribution in [0.4, 0.5) is 0 Å². The highest BCUT2D eigenvalue weighted by Gasteiger charge is 2.34. The van der Waals surface area contributed by atoms with Crippen LogP contribution in [0, 0.1) is 5.92 Å². The summed E-state index contributed by atoms with van der Waals surface area (Å²) in [4.78, 5) is 0.